The molecule has 3 rings (SSSR count). The van der Waals surface area contributed by atoms with E-state index in [4.69, 9.17) is 16.3 Å². The normalized spacial score (nSPS) is 24.4. The predicted octanol–water partition coefficient (Wildman–Crippen LogP) is 3.90. The molecule has 1 aliphatic heterocycles. The molecule has 1 spiro atoms. The third kappa shape index (κ3) is 3.16. The molecule has 0 aromatic carbocycles. The van der Waals surface area contributed by atoms with Crippen LogP contribution < -0.4 is 5.32 Å². The number of anilines is 1. The van der Waals surface area contributed by atoms with E-state index >= 15 is 0 Å². The second-order valence-electron chi connectivity index (χ2n) is 6.33. The zero-order valence-corrected chi connectivity index (χ0v) is 13.7. The Balaban J connectivity index is 1.75. The smallest absolute Gasteiger partial charge is 0.137 e. The van der Waals surface area contributed by atoms with Gasteiger partial charge in [0, 0.05) is 24.6 Å². The Morgan fingerprint density at radius 2 is 2.10 bits per heavy atom. The van der Waals surface area contributed by atoms with Crippen LogP contribution in [-0.4, -0.2) is 28.2 Å². The summed E-state index contributed by atoms with van der Waals surface area (Å²) in [6.07, 6.45) is 7.91. The molecular formula is C16H24ClN3O. The summed E-state index contributed by atoms with van der Waals surface area (Å²) < 4.78 is 6.09. The minimum atomic E-state index is 0.119. The van der Waals surface area contributed by atoms with Crippen LogP contribution in [0.25, 0.3) is 0 Å². The Labute approximate surface area is 131 Å². The highest BCUT2D eigenvalue weighted by Crippen LogP contribution is 2.40. The molecule has 21 heavy (non-hydrogen) atoms. The van der Waals surface area contributed by atoms with E-state index in [1.165, 1.54) is 25.7 Å². The maximum Gasteiger partial charge on any atom is 0.137 e. The SMILES string of the molecule is CCc1nc(Cl)c(C)c(NC2CCOC3(CCCC3)C2)n1. The standard InChI is InChI=1S/C16H24ClN3O/c1-3-13-19-14(17)11(2)15(20-13)18-12-6-9-21-16(10-12)7-4-5-8-16/h12H,3-10H2,1-2H3,(H,18,19,20). The number of aromatic nitrogens is 2. The Kier molecular flexibility index (Phi) is 4.36. The van der Waals surface area contributed by atoms with Crippen molar-refractivity contribution in [2.24, 2.45) is 0 Å². The lowest BCUT2D eigenvalue weighted by Gasteiger charge is -2.38. The summed E-state index contributed by atoms with van der Waals surface area (Å²) >= 11 is 6.22. The van der Waals surface area contributed by atoms with Gasteiger partial charge in [0.2, 0.25) is 0 Å². The van der Waals surface area contributed by atoms with E-state index in [0.717, 1.165) is 43.1 Å². The van der Waals surface area contributed by atoms with Crippen LogP contribution in [0.3, 0.4) is 0 Å². The summed E-state index contributed by atoms with van der Waals surface area (Å²) in [5.41, 5.74) is 1.06. The summed E-state index contributed by atoms with van der Waals surface area (Å²) in [6.45, 7) is 4.87. The summed E-state index contributed by atoms with van der Waals surface area (Å²) in [6, 6.07) is 0.422. The van der Waals surface area contributed by atoms with E-state index in [9.17, 15) is 0 Å². The van der Waals surface area contributed by atoms with Gasteiger partial charge in [-0.05, 0) is 32.6 Å². The van der Waals surface area contributed by atoms with E-state index in [2.05, 4.69) is 15.3 Å². The van der Waals surface area contributed by atoms with E-state index < -0.39 is 0 Å². The van der Waals surface area contributed by atoms with Crippen molar-refractivity contribution in [3.63, 3.8) is 0 Å². The topological polar surface area (TPSA) is 47.0 Å². The van der Waals surface area contributed by atoms with Crippen molar-refractivity contribution in [2.75, 3.05) is 11.9 Å². The number of rotatable bonds is 3. The first-order valence-corrected chi connectivity index (χ1v) is 8.43. The minimum Gasteiger partial charge on any atom is -0.375 e. The number of nitrogens with one attached hydrogen (secondary N) is 1. The molecule has 1 aromatic rings. The van der Waals surface area contributed by atoms with E-state index in [-0.39, 0.29) is 5.60 Å². The van der Waals surface area contributed by atoms with Crippen LogP contribution >= 0.6 is 11.6 Å². The fourth-order valence-electron chi connectivity index (χ4n) is 3.54. The quantitative estimate of drug-likeness (QED) is 0.860. The molecule has 5 heteroatoms. The van der Waals surface area contributed by atoms with Crippen LogP contribution in [0.4, 0.5) is 5.82 Å². The van der Waals surface area contributed by atoms with Gasteiger partial charge < -0.3 is 10.1 Å². The lowest BCUT2D eigenvalue weighted by molar-refractivity contribution is -0.0767. The number of aryl methyl sites for hydroxylation is 1. The molecule has 1 aromatic heterocycles. The molecule has 0 amide bonds. The van der Waals surface area contributed by atoms with E-state index in [1.807, 2.05) is 13.8 Å². The molecule has 1 unspecified atom stereocenters. The molecule has 1 saturated carbocycles. The number of hydrogen-bond acceptors (Lipinski definition) is 4. The van der Waals surface area contributed by atoms with Gasteiger partial charge in [0.1, 0.15) is 16.8 Å². The van der Waals surface area contributed by atoms with Crippen molar-refractivity contribution in [1.29, 1.82) is 0 Å². The number of hydrogen-bond donors (Lipinski definition) is 1. The van der Waals surface area contributed by atoms with Crippen LogP contribution in [0.2, 0.25) is 5.15 Å². The number of halogens is 1. The van der Waals surface area contributed by atoms with Gasteiger partial charge in [0.15, 0.2) is 0 Å². The second kappa shape index (κ2) is 6.09. The third-order valence-electron chi connectivity index (χ3n) is 4.80. The highest BCUT2D eigenvalue weighted by molar-refractivity contribution is 6.30. The molecular weight excluding hydrogens is 286 g/mol. The van der Waals surface area contributed by atoms with Gasteiger partial charge in [0.25, 0.3) is 0 Å². The first kappa shape index (κ1) is 15.0. The number of nitrogens with zero attached hydrogens (tertiary/aromatic N) is 2. The van der Waals surface area contributed by atoms with Crippen molar-refractivity contribution >= 4 is 17.4 Å². The maximum atomic E-state index is 6.22. The summed E-state index contributed by atoms with van der Waals surface area (Å²) in [5, 5.41) is 4.16. The highest BCUT2D eigenvalue weighted by atomic mass is 35.5. The van der Waals surface area contributed by atoms with E-state index in [1.54, 1.807) is 0 Å². The molecule has 1 saturated heterocycles. The van der Waals surface area contributed by atoms with Crippen molar-refractivity contribution in [2.45, 2.75) is 70.4 Å². The Morgan fingerprint density at radius 1 is 1.33 bits per heavy atom. The third-order valence-corrected chi connectivity index (χ3v) is 5.17. The van der Waals surface area contributed by atoms with Gasteiger partial charge in [-0.15, -0.1) is 0 Å². The van der Waals surface area contributed by atoms with Gasteiger partial charge in [-0.1, -0.05) is 31.4 Å². The molecule has 116 valence electrons. The Hall–Kier alpha value is -0.870. The van der Waals surface area contributed by atoms with Crippen LogP contribution in [-0.2, 0) is 11.2 Å². The first-order chi connectivity index (χ1) is 10.1. The van der Waals surface area contributed by atoms with Crippen molar-refractivity contribution < 1.29 is 4.74 Å². The second-order valence-corrected chi connectivity index (χ2v) is 6.69. The lowest BCUT2D eigenvalue weighted by Crippen LogP contribution is -2.42. The maximum absolute atomic E-state index is 6.22. The van der Waals surface area contributed by atoms with Gasteiger partial charge in [-0.25, -0.2) is 9.97 Å². The van der Waals surface area contributed by atoms with Crippen LogP contribution in [0.5, 0.6) is 0 Å². The average Bonchev–Trinajstić information content (AvgIpc) is 2.91. The largest absolute Gasteiger partial charge is 0.375 e. The molecule has 4 nitrogen and oxygen atoms in total. The Bertz CT molecular complexity index is 514. The molecule has 2 fully saturated rings. The zero-order chi connectivity index (χ0) is 14.9. The van der Waals surface area contributed by atoms with Gasteiger partial charge in [0.05, 0.1) is 5.60 Å². The van der Waals surface area contributed by atoms with Crippen LogP contribution in [0, 0.1) is 6.92 Å². The van der Waals surface area contributed by atoms with Crippen molar-refractivity contribution in [1.82, 2.24) is 9.97 Å². The van der Waals surface area contributed by atoms with Gasteiger partial charge in [-0.3, -0.25) is 0 Å². The Morgan fingerprint density at radius 3 is 2.81 bits per heavy atom. The molecule has 0 bridgehead atoms. The molecule has 1 N–H and O–H groups in total. The zero-order valence-electron chi connectivity index (χ0n) is 12.9. The molecule has 0 radical (unpaired) electrons. The monoisotopic (exact) mass is 309 g/mol. The van der Waals surface area contributed by atoms with Crippen LogP contribution in [0.1, 0.15) is 56.8 Å². The molecule has 1 atom stereocenters. The van der Waals surface area contributed by atoms with Gasteiger partial charge >= 0.3 is 0 Å². The highest BCUT2D eigenvalue weighted by Gasteiger charge is 2.40. The van der Waals surface area contributed by atoms with Gasteiger partial charge in [-0.2, -0.15) is 0 Å². The van der Waals surface area contributed by atoms with E-state index in [0.29, 0.717) is 11.2 Å². The predicted molar refractivity (Wildman–Crippen MR) is 85.0 cm³/mol. The summed E-state index contributed by atoms with van der Waals surface area (Å²) in [7, 11) is 0. The van der Waals surface area contributed by atoms with Crippen molar-refractivity contribution in [3.05, 3.63) is 16.5 Å². The summed E-state index contributed by atoms with van der Waals surface area (Å²) in [5.74, 6) is 1.70. The first-order valence-electron chi connectivity index (χ1n) is 8.05. The van der Waals surface area contributed by atoms with Crippen LogP contribution in [0.15, 0.2) is 0 Å². The number of ether oxygens (including phenoxy) is 1. The minimum absolute atomic E-state index is 0.119. The fraction of sp³-hybridized carbons (Fsp3) is 0.750. The molecule has 2 aliphatic rings. The fourth-order valence-corrected chi connectivity index (χ4v) is 3.73. The molecule has 2 heterocycles. The average molecular weight is 310 g/mol. The van der Waals surface area contributed by atoms with Crippen molar-refractivity contribution in [3.8, 4) is 0 Å². The summed E-state index contributed by atoms with van der Waals surface area (Å²) in [4.78, 5) is 8.92. The lowest BCUT2D eigenvalue weighted by atomic mass is 9.89. The molecule has 1 aliphatic carbocycles.